The van der Waals surface area contributed by atoms with Crippen LogP contribution in [-0.2, 0) is 13.5 Å². The van der Waals surface area contributed by atoms with E-state index in [0.717, 1.165) is 19.4 Å². The Kier molecular flexibility index (Phi) is 4.96. The molecule has 0 amide bonds. The van der Waals surface area contributed by atoms with Crippen molar-refractivity contribution in [3.8, 4) is 11.1 Å². The van der Waals surface area contributed by atoms with Gasteiger partial charge in [0.25, 0.3) is 0 Å². The first kappa shape index (κ1) is 14.8. The molecule has 0 spiro atoms. The zero-order chi connectivity index (χ0) is 14.5. The van der Waals surface area contributed by atoms with Crippen molar-refractivity contribution in [1.29, 1.82) is 0 Å². The van der Waals surface area contributed by atoms with Crippen molar-refractivity contribution in [3.63, 3.8) is 0 Å². The highest BCUT2D eigenvalue weighted by Crippen LogP contribution is 2.26. The Bertz CT molecular complexity index is 557. The summed E-state index contributed by atoms with van der Waals surface area (Å²) in [7, 11) is 1.99. The summed E-state index contributed by atoms with van der Waals surface area (Å²) in [6, 6.07) is 9.17. The Morgan fingerprint density at radius 3 is 2.80 bits per heavy atom. The summed E-state index contributed by atoms with van der Waals surface area (Å²) >= 11 is 0. The number of nitrogens with zero attached hydrogens (tertiary/aromatic N) is 2. The average molecular weight is 271 g/mol. The van der Waals surface area contributed by atoms with Crippen LogP contribution in [0, 0.1) is 0 Å². The lowest BCUT2D eigenvalue weighted by molar-refractivity contribution is 0.598. The number of benzene rings is 1. The van der Waals surface area contributed by atoms with Crippen LogP contribution >= 0.6 is 0 Å². The molecule has 1 heterocycles. The van der Waals surface area contributed by atoms with Crippen molar-refractivity contribution >= 4 is 0 Å². The maximum absolute atomic E-state index is 4.59. The molecule has 1 unspecified atom stereocenters. The van der Waals surface area contributed by atoms with Gasteiger partial charge in [0, 0.05) is 24.8 Å². The van der Waals surface area contributed by atoms with E-state index in [4.69, 9.17) is 0 Å². The minimum atomic E-state index is 0.381. The van der Waals surface area contributed by atoms with Gasteiger partial charge >= 0.3 is 0 Å². The molecular weight excluding hydrogens is 246 g/mol. The van der Waals surface area contributed by atoms with Crippen molar-refractivity contribution in [2.45, 2.75) is 39.7 Å². The molecule has 1 atom stereocenters. The Labute approximate surface area is 122 Å². The summed E-state index contributed by atoms with van der Waals surface area (Å²) in [5.41, 5.74) is 5.06. The van der Waals surface area contributed by atoms with E-state index in [2.05, 4.69) is 61.6 Å². The largest absolute Gasteiger partial charge is 0.310 e. The Morgan fingerprint density at radius 1 is 1.30 bits per heavy atom. The first-order chi connectivity index (χ1) is 9.65. The van der Waals surface area contributed by atoms with Gasteiger partial charge in [-0.25, -0.2) is 0 Å². The molecule has 1 aromatic carbocycles. The second-order valence-corrected chi connectivity index (χ2v) is 5.32. The molecule has 0 radical (unpaired) electrons. The summed E-state index contributed by atoms with van der Waals surface area (Å²) in [5.74, 6) is 0. The smallest absolute Gasteiger partial charge is 0.0702 e. The van der Waals surface area contributed by atoms with E-state index in [1.165, 1.54) is 22.4 Å². The highest BCUT2D eigenvalue weighted by atomic mass is 15.2. The van der Waals surface area contributed by atoms with Gasteiger partial charge in [-0.05, 0) is 37.1 Å². The van der Waals surface area contributed by atoms with Crippen molar-refractivity contribution in [3.05, 3.63) is 41.7 Å². The average Bonchev–Trinajstić information content (AvgIpc) is 2.81. The predicted octanol–water partition coefficient (Wildman–Crippen LogP) is 3.71. The van der Waals surface area contributed by atoms with Gasteiger partial charge in [-0.3, -0.25) is 4.68 Å². The van der Waals surface area contributed by atoms with Crippen molar-refractivity contribution in [2.75, 3.05) is 6.54 Å². The van der Waals surface area contributed by atoms with Gasteiger partial charge in [-0.2, -0.15) is 5.10 Å². The number of hydrogen-bond donors (Lipinski definition) is 1. The number of aromatic nitrogens is 2. The lowest BCUT2D eigenvalue weighted by Crippen LogP contribution is -2.17. The van der Waals surface area contributed by atoms with Gasteiger partial charge in [0.05, 0.1) is 5.69 Å². The van der Waals surface area contributed by atoms with Gasteiger partial charge in [-0.1, -0.05) is 38.5 Å². The van der Waals surface area contributed by atoms with E-state index in [0.29, 0.717) is 6.04 Å². The number of nitrogens with one attached hydrogen (secondary N) is 1. The van der Waals surface area contributed by atoms with Crippen LogP contribution in [-0.4, -0.2) is 16.3 Å². The summed E-state index contributed by atoms with van der Waals surface area (Å²) in [4.78, 5) is 0. The van der Waals surface area contributed by atoms with Crippen LogP contribution < -0.4 is 5.32 Å². The molecule has 1 N–H and O–H groups in total. The second-order valence-electron chi connectivity index (χ2n) is 5.32. The first-order valence-electron chi connectivity index (χ1n) is 7.52. The summed E-state index contributed by atoms with van der Waals surface area (Å²) in [5, 5.41) is 8.05. The van der Waals surface area contributed by atoms with Gasteiger partial charge in [0.1, 0.15) is 0 Å². The molecule has 2 aromatic rings. The molecule has 0 aliphatic heterocycles. The van der Waals surface area contributed by atoms with E-state index >= 15 is 0 Å². The first-order valence-corrected chi connectivity index (χ1v) is 7.52. The third-order valence-corrected chi connectivity index (χ3v) is 3.60. The molecular formula is C17H25N3. The monoisotopic (exact) mass is 271 g/mol. The lowest BCUT2D eigenvalue weighted by Gasteiger charge is -2.14. The van der Waals surface area contributed by atoms with E-state index in [9.17, 15) is 0 Å². The fourth-order valence-electron chi connectivity index (χ4n) is 2.60. The highest BCUT2D eigenvalue weighted by molar-refractivity contribution is 5.66. The SMILES string of the molecule is CCCc1nn(C)cc1-c1cccc(C(C)NCC)c1. The van der Waals surface area contributed by atoms with Gasteiger partial charge in [-0.15, -0.1) is 0 Å². The van der Waals surface area contributed by atoms with Crippen molar-refractivity contribution in [2.24, 2.45) is 7.05 Å². The van der Waals surface area contributed by atoms with Gasteiger partial charge < -0.3 is 5.32 Å². The van der Waals surface area contributed by atoms with E-state index in [-0.39, 0.29) is 0 Å². The third kappa shape index (κ3) is 3.28. The lowest BCUT2D eigenvalue weighted by atomic mass is 9.99. The molecule has 0 saturated heterocycles. The minimum Gasteiger partial charge on any atom is -0.310 e. The Hall–Kier alpha value is -1.61. The molecule has 1 aromatic heterocycles. The molecule has 0 saturated carbocycles. The zero-order valence-electron chi connectivity index (χ0n) is 13.0. The van der Waals surface area contributed by atoms with Crippen LogP contribution in [0.1, 0.15) is 44.5 Å². The van der Waals surface area contributed by atoms with E-state index in [1.807, 2.05) is 11.7 Å². The summed E-state index contributed by atoms with van der Waals surface area (Å²) < 4.78 is 1.92. The minimum absolute atomic E-state index is 0.381. The fourth-order valence-corrected chi connectivity index (χ4v) is 2.60. The third-order valence-electron chi connectivity index (χ3n) is 3.60. The normalized spacial score (nSPS) is 12.6. The zero-order valence-corrected chi connectivity index (χ0v) is 13.0. The number of rotatable bonds is 6. The van der Waals surface area contributed by atoms with E-state index in [1.54, 1.807) is 0 Å². The van der Waals surface area contributed by atoms with Crippen LogP contribution in [0.25, 0.3) is 11.1 Å². The van der Waals surface area contributed by atoms with Crippen LogP contribution in [0.3, 0.4) is 0 Å². The second kappa shape index (κ2) is 6.71. The summed E-state index contributed by atoms with van der Waals surface area (Å²) in [6.07, 6.45) is 4.28. The van der Waals surface area contributed by atoms with E-state index < -0.39 is 0 Å². The standard InChI is InChI=1S/C17H25N3/c1-5-8-17-16(12-20(4)19-17)15-10-7-9-14(11-15)13(3)18-6-2/h7,9-13,18H,5-6,8H2,1-4H3. The predicted molar refractivity (Wildman–Crippen MR) is 84.7 cm³/mol. The topological polar surface area (TPSA) is 29.9 Å². The number of aryl methyl sites for hydroxylation is 2. The molecule has 20 heavy (non-hydrogen) atoms. The van der Waals surface area contributed by atoms with Crippen molar-refractivity contribution < 1.29 is 0 Å². The molecule has 0 aliphatic rings. The fraction of sp³-hybridized carbons (Fsp3) is 0.471. The molecule has 0 bridgehead atoms. The molecule has 108 valence electrons. The Balaban J connectivity index is 2.35. The maximum atomic E-state index is 4.59. The highest BCUT2D eigenvalue weighted by Gasteiger charge is 2.11. The maximum Gasteiger partial charge on any atom is 0.0702 e. The Morgan fingerprint density at radius 2 is 2.10 bits per heavy atom. The number of hydrogen-bond acceptors (Lipinski definition) is 2. The van der Waals surface area contributed by atoms with Crippen LogP contribution in [0.4, 0.5) is 0 Å². The van der Waals surface area contributed by atoms with Crippen molar-refractivity contribution in [1.82, 2.24) is 15.1 Å². The molecule has 0 fully saturated rings. The van der Waals surface area contributed by atoms with Crippen LogP contribution in [0.15, 0.2) is 30.5 Å². The van der Waals surface area contributed by atoms with Gasteiger partial charge in [0.2, 0.25) is 0 Å². The van der Waals surface area contributed by atoms with Gasteiger partial charge in [0.15, 0.2) is 0 Å². The molecule has 3 nitrogen and oxygen atoms in total. The summed E-state index contributed by atoms with van der Waals surface area (Å²) in [6.45, 7) is 7.53. The quantitative estimate of drug-likeness (QED) is 0.868. The molecule has 3 heteroatoms. The van der Waals surface area contributed by atoms with Crippen LogP contribution in [0.2, 0.25) is 0 Å². The molecule has 2 rings (SSSR count). The molecule has 0 aliphatic carbocycles. The van der Waals surface area contributed by atoms with Crippen LogP contribution in [0.5, 0.6) is 0 Å².